The summed E-state index contributed by atoms with van der Waals surface area (Å²) in [5, 5.41) is 20.8. The number of fused-ring (bicyclic) bond motifs is 2. The zero-order valence-corrected chi connectivity index (χ0v) is 24.6. The first-order valence-corrected chi connectivity index (χ1v) is 14.9. The number of amides is 2. The number of carbonyl (C=O) groups excluding carboxylic acids is 2. The van der Waals surface area contributed by atoms with Crippen LogP contribution in [-0.4, -0.2) is 51.9 Å². The Morgan fingerprint density at radius 1 is 1.20 bits per heavy atom. The maximum absolute atomic E-state index is 13.8. The van der Waals surface area contributed by atoms with E-state index in [-0.39, 0.29) is 30.7 Å². The van der Waals surface area contributed by atoms with E-state index in [4.69, 9.17) is 20.2 Å². The average Bonchev–Trinajstić information content (AvgIpc) is 3.65. The number of aliphatic hydroxyl groups is 1. The van der Waals surface area contributed by atoms with Crippen molar-refractivity contribution in [1.29, 1.82) is 0 Å². The molecule has 4 N–H and O–H groups in total. The van der Waals surface area contributed by atoms with Crippen LogP contribution in [0, 0.1) is 11.7 Å². The molecule has 2 aromatic carbocycles. The summed E-state index contributed by atoms with van der Waals surface area (Å²) in [5.41, 5.74) is 5.90. The number of ether oxygens (including phenoxy) is 2. The molecule has 11 heteroatoms. The normalized spacial score (nSPS) is 20.8. The molecule has 44 heavy (non-hydrogen) atoms. The quantitative estimate of drug-likeness (QED) is 0.263. The van der Waals surface area contributed by atoms with Gasteiger partial charge in [0, 0.05) is 28.3 Å². The number of hydrogen-bond acceptors (Lipinski definition) is 7. The first-order chi connectivity index (χ1) is 21.1. The minimum absolute atomic E-state index is 0.0111. The summed E-state index contributed by atoms with van der Waals surface area (Å²) in [7, 11) is 1.55. The topological polar surface area (TPSA) is 142 Å². The van der Waals surface area contributed by atoms with E-state index in [0.29, 0.717) is 45.4 Å². The Bertz CT molecular complexity index is 1800. The fourth-order valence-corrected chi connectivity index (χ4v) is 6.19. The van der Waals surface area contributed by atoms with Gasteiger partial charge in [-0.05, 0) is 81.0 Å². The zero-order chi connectivity index (χ0) is 30.8. The van der Waals surface area contributed by atoms with Crippen molar-refractivity contribution in [3.63, 3.8) is 0 Å². The Hall–Kier alpha value is -4.51. The molecular formula is C33H34FN5O5. The maximum atomic E-state index is 13.8. The summed E-state index contributed by atoms with van der Waals surface area (Å²) in [6.45, 7) is 1.58. The highest BCUT2D eigenvalue weighted by molar-refractivity contribution is 6.00. The van der Waals surface area contributed by atoms with Gasteiger partial charge in [-0.15, -0.1) is 0 Å². The van der Waals surface area contributed by atoms with Crippen molar-refractivity contribution in [2.24, 2.45) is 11.7 Å². The zero-order valence-electron chi connectivity index (χ0n) is 24.6. The molecule has 0 bridgehead atoms. The van der Waals surface area contributed by atoms with Gasteiger partial charge in [0.2, 0.25) is 5.91 Å². The largest absolute Gasteiger partial charge is 0.494 e. The number of hydrogen-bond donors (Lipinski definition) is 3. The highest BCUT2D eigenvalue weighted by atomic mass is 19.1. The molecule has 2 aliphatic carbocycles. The molecule has 228 valence electrons. The fraction of sp³-hybridized carbons (Fsp3) is 0.394. The molecule has 0 saturated heterocycles. The fourth-order valence-electron chi connectivity index (χ4n) is 6.19. The lowest BCUT2D eigenvalue weighted by Crippen LogP contribution is -2.49. The molecule has 10 nitrogen and oxygen atoms in total. The van der Waals surface area contributed by atoms with Gasteiger partial charge in [0.25, 0.3) is 5.91 Å². The Kier molecular flexibility index (Phi) is 6.61. The second-order valence-electron chi connectivity index (χ2n) is 12.4. The van der Waals surface area contributed by atoms with E-state index in [0.717, 1.165) is 37.5 Å². The molecule has 3 heterocycles. The van der Waals surface area contributed by atoms with Crippen molar-refractivity contribution in [2.75, 3.05) is 20.3 Å². The molecular weight excluding hydrogens is 565 g/mol. The van der Waals surface area contributed by atoms with Gasteiger partial charge in [-0.3, -0.25) is 14.3 Å². The summed E-state index contributed by atoms with van der Waals surface area (Å²) < 4.78 is 27.3. The van der Waals surface area contributed by atoms with Gasteiger partial charge in [-0.2, -0.15) is 5.10 Å². The number of nitrogens with two attached hydrogens (primary N) is 1. The lowest BCUT2D eigenvalue weighted by molar-refractivity contribution is -0.123. The molecule has 2 fully saturated rings. The predicted molar refractivity (Wildman–Crippen MR) is 160 cm³/mol. The van der Waals surface area contributed by atoms with Crippen LogP contribution in [0.1, 0.15) is 66.7 Å². The molecule has 2 aromatic heterocycles. The van der Waals surface area contributed by atoms with Gasteiger partial charge in [0.1, 0.15) is 46.1 Å². The van der Waals surface area contributed by atoms with Crippen molar-refractivity contribution in [1.82, 2.24) is 20.1 Å². The van der Waals surface area contributed by atoms with E-state index in [1.54, 1.807) is 44.4 Å². The van der Waals surface area contributed by atoms with Crippen LogP contribution in [0.2, 0.25) is 0 Å². The van der Waals surface area contributed by atoms with Crippen LogP contribution in [-0.2, 0) is 15.8 Å². The second kappa shape index (κ2) is 10.3. The third kappa shape index (κ3) is 4.57. The van der Waals surface area contributed by atoms with Gasteiger partial charge < -0.3 is 25.6 Å². The molecule has 4 aromatic rings. The van der Waals surface area contributed by atoms with Crippen molar-refractivity contribution < 1.29 is 28.6 Å². The number of primary amides is 1. The van der Waals surface area contributed by atoms with Gasteiger partial charge in [-0.25, -0.2) is 9.37 Å². The molecule has 3 aliphatic rings. The van der Waals surface area contributed by atoms with Crippen molar-refractivity contribution in [2.45, 2.75) is 56.1 Å². The van der Waals surface area contributed by atoms with Crippen LogP contribution in [0.3, 0.4) is 0 Å². The van der Waals surface area contributed by atoms with Crippen molar-refractivity contribution in [3.8, 4) is 22.8 Å². The van der Waals surface area contributed by atoms with Crippen molar-refractivity contribution in [3.05, 3.63) is 71.3 Å². The molecule has 0 unspecified atom stereocenters. The number of benzene rings is 2. The number of aromatic nitrogens is 3. The third-order valence-corrected chi connectivity index (χ3v) is 9.47. The Balaban J connectivity index is 1.26. The third-order valence-electron chi connectivity index (χ3n) is 9.47. The number of rotatable bonds is 9. The minimum Gasteiger partial charge on any atom is -0.494 e. The first-order valence-electron chi connectivity index (χ1n) is 14.9. The summed E-state index contributed by atoms with van der Waals surface area (Å²) >= 11 is 0. The van der Waals surface area contributed by atoms with E-state index >= 15 is 0 Å². The van der Waals surface area contributed by atoms with E-state index in [1.807, 2.05) is 10.9 Å². The van der Waals surface area contributed by atoms with Crippen LogP contribution in [0.25, 0.3) is 22.2 Å². The average molecular weight is 600 g/mol. The van der Waals surface area contributed by atoms with Crippen LogP contribution in [0.5, 0.6) is 11.5 Å². The molecule has 7 rings (SSSR count). The Labute approximate surface area is 253 Å². The van der Waals surface area contributed by atoms with E-state index < -0.39 is 22.7 Å². The molecule has 2 saturated carbocycles. The van der Waals surface area contributed by atoms with E-state index in [1.165, 1.54) is 12.1 Å². The van der Waals surface area contributed by atoms with Gasteiger partial charge in [0.15, 0.2) is 0 Å². The summed E-state index contributed by atoms with van der Waals surface area (Å²) in [6.07, 6.45) is 6.49. The first kappa shape index (κ1) is 28.3. The predicted octanol–water partition coefficient (Wildman–Crippen LogP) is 4.13. The van der Waals surface area contributed by atoms with E-state index in [2.05, 4.69) is 10.4 Å². The van der Waals surface area contributed by atoms with Crippen LogP contribution in [0.4, 0.5) is 4.39 Å². The molecule has 0 radical (unpaired) electrons. The number of methoxy groups -OCH3 is 1. The number of pyridine rings is 1. The summed E-state index contributed by atoms with van der Waals surface area (Å²) in [4.78, 5) is 31.1. The number of halogens is 1. The van der Waals surface area contributed by atoms with Gasteiger partial charge >= 0.3 is 0 Å². The summed E-state index contributed by atoms with van der Waals surface area (Å²) in [5.74, 6) is -0.691. The molecule has 2 amide bonds. The minimum atomic E-state index is -1.57. The molecule has 0 spiro atoms. The molecule has 1 aliphatic heterocycles. The second-order valence-corrected chi connectivity index (χ2v) is 12.4. The number of nitrogens with zero attached hydrogens (tertiary/aromatic N) is 3. The van der Waals surface area contributed by atoms with Crippen LogP contribution < -0.4 is 20.5 Å². The highest BCUT2D eigenvalue weighted by Crippen LogP contribution is 2.48. The number of carbonyl (C=O) groups is 2. The van der Waals surface area contributed by atoms with Gasteiger partial charge in [-0.1, -0.05) is 6.42 Å². The monoisotopic (exact) mass is 599 g/mol. The lowest BCUT2D eigenvalue weighted by atomic mass is 9.70. The summed E-state index contributed by atoms with van der Waals surface area (Å²) in [6, 6.07) is 11.3. The number of nitrogens with one attached hydrogen (secondary N) is 1. The standard InChI is InChI=1S/C33H34FN5O5/c1-32(31(35)41)17-44-29-24(32)14-26(37-28(29)18-6-8-22(34)9-7-18)33(42,21-4-3-5-21)16-36-30(40)19-12-20-15-39(23-10-11-23)38-27(20)25(13-19)43-2/h6-9,12-15,21,23,42H,3-5,10-11,16-17H2,1-2H3,(H2,35,41)(H,36,40)/t32-,33+/m0/s1. The Morgan fingerprint density at radius 3 is 2.59 bits per heavy atom. The maximum Gasteiger partial charge on any atom is 0.251 e. The van der Waals surface area contributed by atoms with Gasteiger partial charge in [0.05, 0.1) is 25.4 Å². The Morgan fingerprint density at radius 2 is 1.95 bits per heavy atom. The lowest BCUT2D eigenvalue weighted by Gasteiger charge is -2.41. The van der Waals surface area contributed by atoms with Crippen LogP contribution in [0.15, 0.2) is 48.7 Å². The van der Waals surface area contributed by atoms with Crippen LogP contribution >= 0.6 is 0 Å². The SMILES string of the molecule is COc1cc(C(=O)NC[C@](O)(c2cc3c(c(-c4ccc(F)cc4)n2)OC[C@]3(C)C(N)=O)C2CCC2)cc2cn(C3CC3)nc12. The van der Waals surface area contributed by atoms with E-state index in [9.17, 15) is 19.1 Å². The van der Waals surface area contributed by atoms with Crippen molar-refractivity contribution >= 4 is 22.7 Å². The smallest absolute Gasteiger partial charge is 0.251 e. The molecule has 2 atom stereocenters. The highest BCUT2D eigenvalue weighted by Gasteiger charge is 2.48.